The molecule has 0 fully saturated rings. The minimum atomic E-state index is -0.0993. The van der Waals surface area contributed by atoms with Gasteiger partial charge in [-0.3, -0.25) is 9.59 Å². The molecule has 0 atom stereocenters. The fourth-order valence-electron chi connectivity index (χ4n) is 2.35. The predicted octanol–water partition coefficient (Wildman–Crippen LogP) is 2.21. The summed E-state index contributed by atoms with van der Waals surface area (Å²) in [5.74, 6) is -0.0649. The van der Waals surface area contributed by atoms with Crippen LogP contribution in [0.5, 0.6) is 0 Å². The van der Waals surface area contributed by atoms with E-state index in [2.05, 4.69) is 10.6 Å². The number of hydrogen-bond donors (Lipinski definition) is 2. The molecule has 2 aromatic rings. The van der Waals surface area contributed by atoms with E-state index in [-0.39, 0.29) is 11.8 Å². The largest absolute Gasteiger partial charge is 0.355 e. The van der Waals surface area contributed by atoms with Crippen molar-refractivity contribution >= 4 is 17.5 Å². The summed E-state index contributed by atoms with van der Waals surface area (Å²) in [6.45, 7) is 0. The Balaban J connectivity index is 1.92. The molecular weight excluding hydrogens is 252 g/mol. The van der Waals surface area contributed by atoms with Gasteiger partial charge in [-0.05, 0) is 34.9 Å². The van der Waals surface area contributed by atoms with Crippen LogP contribution >= 0.6 is 0 Å². The van der Waals surface area contributed by atoms with Gasteiger partial charge in [0, 0.05) is 18.3 Å². The minimum Gasteiger partial charge on any atom is -0.355 e. The molecule has 1 aliphatic rings. The first-order chi connectivity index (χ1) is 9.67. The van der Waals surface area contributed by atoms with Gasteiger partial charge in [0.1, 0.15) is 0 Å². The molecule has 0 bridgehead atoms. The molecule has 0 unspecified atom stereocenters. The SMILES string of the molecule is CNC(=O)c1ccc(-c2ccc3c(c2)NC(=O)C3)cc1. The maximum atomic E-state index is 11.5. The van der Waals surface area contributed by atoms with E-state index < -0.39 is 0 Å². The van der Waals surface area contributed by atoms with Gasteiger partial charge in [0.25, 0.3) is 5.91 Å². The highest BCUT2D eigenvalue weighted by atomic mass is 16.2. The van der Waals surface area contributed by atoms with E-state index in [1.807, 2.05) is 30.3 Å². The maximum absolute atomic E-state index is 11.5. The van der Waals surface area contributed by atoms with Crippen LogP contribution in [-0.4, -0.2) is 18.9 Å². The summed E-state index contributed by atoms with van der Waals surface area (Å²) in [5, 5.41) is 5.44. The number of fused-ring (bicyclic) bond motifs is 1. The molecule has 2 N–H and O–H groups in total. The summed E-state index contributed by atoms with van der Waals surface area (Å²) in [7, 11) is 1.61. The number of carbonyl (C=O) groups is 2. The number of hydrogen-bond acceptors (Lipinski definition) is 2. The van der Waals surface area contributed by atoms with Gasteiger partial charge in [0.2, 0.25) is 5.91 Å². The molecule has 100 valence electrons. The number of nitrogens with one attached hydrogen (secondary N) is 2. The zero-order valence-electron chi connectivity index (χ0n) is 11.1. The third kappa shape index (κ3) is 2.16. The number of carbonyl (C=O) groups excluding carboxylic acids is 2. The molecule has 2 amide bonds. The van der Waals surface area contributed by atoms with Gasteiger partial charge < -0.3 is 10.6 Å². The van der Waals surface area contributed by atoms with E-state index in [4.69, 9.17) is 0 Å². The van der Waals surface area contributed by atoms with E-state index >= 15 is 0 Å². The van der Waals surface area contributed by atoms with E-state index in [0.717, 1.165) is 22.4 Å². The van der Waals surface area contributed by atoms with Gasteiger partial charge in [-0.2, -0.15) is 0 Å². The van der Waals surface area contributed by atoms with E-state index in [1.165, 1.54) is 0 Å². The van der Waals surface area contributed by atoms with Crippen LogP contribution in [0.3, 0.4) is 0 Å². The lowest BCUT2D eigenvalue weighted by molar-refractivity contribution is -0.115. The Bertz CT molecular complexity index is 690. The zero-order valence-corrected chi connectivity index (χ0v) is 11.1. The van der Waals surface area contributed by atoms with Crippen molar-refractivity contribution in [3.8, 4) is 11.1 Å². The molecule has 20 heavy (non-hydrogen) atoms. The van der Waals surface area contributed by atoms with Crippen LogP contribution in [0.2, 0.25) is 0 Å². The van der Waals surface area contributed by atoms with E-state index in [0.29, 0.717) is 12.0 Å². The van der Waals surface area contributed by atoms with Crippen LogP contribution in [-0.2, 0) is 11.2 Å². The van der Waals surface area contributed by atoms with Crippen molar-refractivity contribution in [3.63, 3.8) is 0 Å². The highest BCUT2D eigenvalue weighted by molar-refractivity contribution is 6.00. The first kappa shape index (κ1) is 12.4. The van der Waals surface area contributed by atoms with Gasteiger partial charge in [-0.25, -0.2) is 0 Å². The Morgan fingerprint density at radius 3 is 2.50 bits per heavy atom. The molecule has 0 radical (unpaired) electrons. The summed E-state index contributed by atoms with van der Waals surface area (Å²) in [5.41, 5.74) is 4.57. The molecule has 1 aliphatic heterocycles. The van der Waals surface area contributed by atoms with Crippen LogP contribution in [0.4, 0.5) is 5.69 Å². The lowest BCUT2D eigenvalue weighted by Gasteiger charge is -2.06. The third-order valence-electron chi connectivity index (χ3n) is 3.44. The summed E-state index contributed by atoms with van der Waals surface area (Å²) in [6, 6.07) is 13.3. The molecule has 4 heteroatoms. The molecule has 0 saturated heterocycles. The molecule has 1 heterocycles. The van der Waals surface area contributed by atoms with Crippen LogP contribution < -0.4 is 10.6 Å². The molecule has 0 aromatic heterocycles. The van der Waals surface area contributed by atoms with Crippen LogP contribution in [0.25, 0.3) is 11.1 Å². The smallest absolute Gasteiger partial charge is 0.251 e. The van der Waals surface area contributed by atoms with Crippen LogP contribution in [0, 0.1) is 0 Å². The number of amides is 2. The van der Waals surface area contributed by atoms with Crippen molar-refractivity contribution < 1.29 is 9.59 Å². The fraction of sp³-hybridized carbons (Fsp3) is 0.125. The Labute approximate surface area is 116 Å². The number of benzene rings is 2. The van der Waals surface area contributed by atoms with Crippen LogP contribution in [0.15, 0.2) is 42.5 Å². The topological polar surface area (TPSA) is 58.2 Å². The molecular formula is C16H14N2O2. The monoisotopic (exact) mass is 266 g/mol. The summed E-state index contributed by atoms with van der Waals surface area (Å²) in [6.07, 6.45) is 0.450. The van der Waals surface area contributed by atoms with Crippen molar-refractivity contribution in [1.82, 2.24) is 5.32 Å². The Morgan fingerprint density at radius 1 is 1.10 bits per heavy atom. The quantitative estimate of drug-likeness (QED) is 0.875. The standard InChI is InChI=1S/C16H14N2O2/c1-17-16(20)11-4-2-10(3-5-11)12-6-7-13-9-15(19)18-14(13)8-12/h2-8H,9H2,1H3,(H,17,20)(H,18,19). The number of anilines is 1. The second-order valence-electron chi connectivity index (χ2n) is 4.75. The molecule has 0 aliphatic carbocycles. The Morgan fingerprint density at radius 2 is 1.80 bits per heavy atom. The zero-order chi connectivity index (χ0) is 14.1. The van der Waals surface area contributed by atoms with Gasteiger partial charge in [-0.1, -0.05) is 24.3 Å². The van der Waals surface area contributed by atoms with Gasteiger partial charge in [0.05, 0.1) is 6.42 Å². The second kappa shape index (κ2) is 4.81. The van der Waals surface area contributed by atoms with Crippen molar-refractivity contribution in [2.24, 2.45) is 0 Å². The Hall–Kier alpha value is -2.62. The molecule has 3 rings (SSSR count). The summed E-state index contributed by atoms with van der Waals surface area (Å²) in [4.78, 5) is 22.8. The van der Waals surface area contributed by atoms with Crippen molar-refractivity contribution in [3.05, 3.63) is 53.6 Å². The lowest BCUT2D eigenvalue weighted by atomic mass is 10.0. The average Bonchev–Trinajstić information content (AvgIpc) is 2.85. The first-order valence-corrected chi connectivity index (χ1v) is 6.42. The van der Waals surface area contributed by atoms with E-state index in [9.17, 15) is 9.59 Å². The third-order valence-corrected chi connectivity index (χ3v) is 3.44. The molecule has 4 nitrogen and oxygen atoms in total. The predicted molar refractivity (Wildman–Crippen MR) is 77.6 cm³/mol. The molecule has 2 aromatic carbocycles. The average molecular weight is 266 g/mol. The van der Waals surface area contributed by atoms with E-state index in [1.54, 1.807) is 19.2 Å². The van der Waals surface area contributed by atoms with Crippen molar-refractivity contribution in [1.29, 1.82) is 0 Å². The molecule has 0 spiro atoms. The highest BCUT2D eigenvalue weighted by Crippen LogP contribution is 2.29. The summed E-state index contributed by atoms with van der Waals surface area (Å²) >= 11 is 0. The maximum Gasteiger partial charge on any atom is 0.251 e. The Kier molecular flexibility index (Phi) is 2.99. The first-order valence-electron chi connectivity index (χ1n) is 6.42. The second-order valence-corrected chi connectivity index (χ2v) is 4.75. The number of rotatable bonds is 2. The van der Waals surface area contributed by atoms with Gasteiger partial charge >= 0.3 is 0 Å². The van der Waals surface area contributed by atoms with Crippen molar-refractivity contribution in [2.75, 3.05) is 12.4 Å². The van der Waals surface area contributed by atoms with Gasteiger partial charge in [-0.15, -0.1) is 0 Å². The van der Waals surface area contributed by atoms with Crippen molar-refractivity contribution in [2.45, 2.75) is 6.42 Å². The lowest BCUT2D eigenvalue weighted by Crippen LogP contribution is -2.17. The van der Waals surface area contributed by atoms with Crippen LogP contribution in [0.1, 0.15) is 15.9 Å². The minimum absolute atomic E-state index is 0.0344. The highest BCUT2D eigenvalue weighted by Gasteiger charge is 2.17. The van der Waals surface area contributed by atoms with Gasteiger partial charge in [0.15, 0.2) is 0 Å². The molecule has 0 saturated carbocycles. The fourth-order valence-corrected chi connectivity index (χ4v) is 2.35. The normalized spacial score (nSPS) is 12.8. The summed E-state index contributed by atoms with van der Waals surface area (Å²) < 4.78 is 0.